The van der Waals surface area contributed by atoms with Crippen molar-refractivity contribution in [2.75, 3.05) is 12.0 Å². The van der Waals surface area contributed by atoms with E-state index in [0.717, 1.165) is 17.7 Å². The maximum Gasteiger partial charge on any atom is 0.251 e. The zero-order chi connectivity index (χ0) is 19.8. The van der Waals surface area contributed by atoms with Gasteiger partial charge in [0.25, 0.3) is 5.91 Å². The molecular formula is C21H26N4O2. The molecule has 0 bridgehead atoms. The molecule has 0 fully saturated rings. The molecular weight excluding hydrogens is 340 g/mol. The van der Waals surface area contributed by atoms with Crippen molar-refractivity contribution in [3.05, 3.63) is 59.3 Å². The van der Waals surface area contributed by atoms with Gasteiger partial charge in [-0.25, -0.2) is 4.98 Å². The van der Waals surface area contributed by atoms with Gasteiger partial charge in [-0.3, -0.25) is 15.0 Å². The third-order valence-corrected chi connectivity index (χ3v) is 4.01. The van der Waals surface area contributed by atoms with Crippen molar-refractivity contribution in [3.8, 4) is 0 Å². The largest absolute Gasteiger partial charge is 0.352 e. The molecule has 0 aliphatic rings. The second kappa shape index (κ2) is 9.62. The molecule has 6 nitrogen and oxygen atoms in total. The maximum atomic E-state index is 11.9. The first kappa shape index (κ1) is 20.3. The van der Waals surface area contributed by atoms with Gasteiger partial charge in [0.1, 0.15) is 5.82 Å². The van der Waals surface area contributed by atoms with Crippen molar-refractivity contribution < 1.29 is 9.59 Å². The third-order valence-electron chi connectivity index (χ3n) is 4.01. The van der Waals surface area contributed by atoms with Crippen LogP contribution in [0, 0.1) is 5.92 Å². The minimum atomic E-state index is -0.0728. The van der Waals surface area contributed by atoms with Crippen LogP contribution in [0.25, 0.3) is 0 Å². The fourth-order valence-electron chi connectivity index (χ4n) is 2.35. The topological polar surface area (TPSA) is 83.5 Å². The normalized spacial score (nSPS) is 11.4. The van der Waals surface area contributed by atoms with E-state index in [4.69, 9.17) is 0 Å². The summed E-state index contributed by atoms with van der Waals surface area (Å²) in [5.41, 5.74) is 5.77. The highest BCUT2D eigenvalue weighted by molar-refractivity contribution is 6.01. The number of pyridine rings is 1. The van der Waals surface area contributed by atoms with Gasteiger partial charge in [0.15, 0.2) is 5.78 Å². The molecule has 1 aromatic carbocycles. The first-order valence-electron chi connectivity index (χ1n) is 9.11. The zero-order valence-corrected chi connectivity index (χ0v) is 16.2. The van der Waals surface area contributed by atoms with Crippen LogP contribution in [0.4, 0.5) is 5.82 Å². The number of ketones is 1. The number of nitrogens with one attached hydrogen (secondary N) is 2. The van der Waals surface area contributed by atoms with Gasteiger partial charge in [0.2, 0.25) is 0 Å². The van der Waals surface area contributed by atoms with E-state index < -0.39 is 0 Å². The van der Waals surface area contributed by atoms with E-state index in [1.165, 1.54) is 0 Å². The summed E-state index contributed by atoms with van der Waals surface area (Å²) < 4.78 is 0. The standard InChI is InChI=1S/C21H26N4O2/c1-5-12-22-21(27)17-8-6-16(7-9-17)15(4)24-25-19-11-10-18(13-23-19)20(26)14(2)3/h6-11,13-14H,5,12H2,1-4H3,(H,22,27)(H,23,25)/b24-15+. The average Bonchev–Trinajstić information content (AvgIpc) is 2.70. The van der Waals surface area contributed by atoms with Crippen molar-refractivity contribution in [2.24, 2.45) is 11.0 Å². The van der Waals surface area contributed by atoms with Crippen molar-refractivity contribution in [1.82, 2.24) is 10.3 Å². The summed E-state index contributed by atoms with van der Waals surface area (Å²) in [7, 11) is 0. The number of hydrogen-bond acceptors (Lipinski definition) is 5. The smallest absolute Gasteiger partial charge is 0.251 e. The number of benzene rings is 1. The number of anilines is 1. The molecule has 0 radical (unpaired) electrons. The fourth-order valence-corrected chi connectivity index (χ4v) is 2.35. The molecule has 0 unspecified atom stereocenters. The predicted octanol–water partition coefficient (Wildman–Crippen LogP) is 3.90. The summed E-state index contributed by atoms with van der Waals surface area (Å²) in [6.45, 7) is 8.28. The minimum Gasteiger partial charge on any atom is -0.352 e. The van der Waals surface area contributed by atoms with Crippen LogP contribution in [0.15, 0.2) is 47.7 Å². The van der Waals surface area contributed by atoms with Crippen molar-refractivity contribution in [3.63, 3.8) is 0 Å². The second-order valence-corrected chi connectivity index (χ2v) is 6.59. The Morgan fingerprint density at radius 1 is 1.04 bits per heavy atom. The van der Waals surface area contributed by atoms with Crippen LogP contribution >= 0.6 is 0 Å². The van der Waals surface area contributed by atoms with E-state index in [1.807, 2.05) is 39.8 Å². The van der Waals surface area contributed by atoms with Gasteiger partial charge in [-0.2, -0.15) is 5.10 Å². The SMILES string of the molecule is CCCNC(=O)c1ccc(/C(C)=N/Nc2ccc(C(=O)C(C)C)cn2)cc1. The summed E-state index contributed by atoms with van der Waals surface area (Å²) in [6.07, 6.45) is 2.46. The second-order valence-electron chi connectivity index (χ2n) is 6.59. The van der Waals surface area contributed by atoms with E-state index in [9.17, 15) is 9.59 Å². The van der Waals surface area contributed by atoms with Gasteiger partial charge in [-0.1, -0.05) is 32.9 Å². The summed E-state index contributed by atoms with van der Waals surface area (Å²) in [5.74, 6) is 0.497. The number of hydrazone groups is 1. The van der Waals surface area contributed by atoms with Gasteiger partial charge in [-0.15, -0.1) is 0 Å². The van der Waals surface area contributed by atoms with Crippen LogP contribution in [0.3, 0.4) is 0 Å². The quantitative estimate of drug-likeness (QED) is 0.422. The molecule has 27 heavy (non-hydrogen) atoms. The molecule has 0 saturated carbocycles. The first-order valence-corrected chi connectivity index (χ1v) is 9.11. The molecule has 0 atom stereocenters. The van der Waals surface area contributed by atoms with Crippen molar-refractivity contribution >= 4 is 23.2 Å². The number of nitrogens with zero attached hydrogens (tertiary/aromatic N) is 2. The molecule has 6 heteroatoms. The number of aromatic nitrogens is 1. The van der Waals surface area contributed by atoms with Crippen LogP contribution < -0.4 is 10.7 Å². The molecule has 1 amide bonds. The lowest BCUT2D eigenvalue weighted by atomic mass is 10.0. The number of carbonyl (C=O) groups excluding carboxylic acids is 2. The van der Waals surface area contributed by atoms with Crippen molar-refractivity contribution in [1.29, 1.82) is 0 Å². The molecule has 2 rings (SSSR count). The predicted molar refractivity (Wildman–Crippen MR) is 108 cm³/mol. The average molecular weight is 366 g/mol. The van der Waals surface area contributed by atoms with Gasteiger partial charge in [0, 0.05) is 29.8 Å². The van der Waals surface area contributed by atoms with Gasteiger partial charge >= 0.3 is 0 Å². The Bertz CT molecular complexity index is 809. The van der Waals surface area contributed by atoms with E-state index in [1.54, 1.807) is 30.5 Å². The first-order chi connectivity index (χ1) is 12.9. The third kappa shape index (κ3) is 5.74. The van der Waals surface area contributed by atoms with Crippen LogP contribution in [0.2, 0.25) is 0 Å². The lowest BCUT2D eigenvalue weighted by molar-refractivity contribution is 0.0936. The lowest BCUT2D eigenvalue weighted by Crippen LogP contribution is -2.23. The van der Waals surface area contributed by atoms with Gasteiger partial charge in [0.05, 0.1) is 5.71 Å². The van der Waals surface area contributed by atoms with Crippen molar-refractivity contribution in [2.45, 2.75) is 34.1 Å². The van der Waals surface area contributed by atoms with E-state index in [-0.39, 0.29) is 17.6 Å². The summed E-state index contributed by atoms with van der Waals surface area (Å²) >= 11 is 0. The van der Waals surface area contributed by atoms with Gasteiger partial charge in [-0.05, 0) is 43.2 Å². The minimum absolute atomic E-state index is 0.0575. The van der Waals surface area contributed by atoms with Crippen LogP contribution in [0.5, 0.6) is 0 Å². The Hall–Kier alpha value is -3.02. The number of carbonyl (C=O) groups is 2. The monoisotopic (exact) mass is 366 g/mol. The Balaban J connectivity index is 2.01. The molecule has 0 aliphatic heterocycles. The molecule has 2 N–H and O–H groups in total. The zero-order valence-electron chi connectivity index (χ0n) is 16.2. The Labute approximate surface area is 160 Å². The Morgan fingerprint density at radius 3 is 2.22 bits per heavy atom. The van der Waals surface area contributed by atoms with E-state index in [0.29, 0.717) is 23.5 Å². The molecule has 1 heterocycles. The fraction of sp³-hybridized carbons (Fsp3) is 0.333. The van der Waals surface area contributed by atoms with E-state index in [2.05, 4.69) is 20.8 Å². The number of Topliss-reactive ketones (excluding diaryl/α,β-unsaturated/α-hetero) is 1. The highest BCUT2D eigenvalue weighted by atomic mass is 16.1. The van der Waals surface area contributed by atoms with Crippen LogP contribution in [-0.2, 0) is 0 Å². The molecule has 1 aromatic heterocycles. The maximum absolute atomic E-state index is 11.9. The van der Waals surface area contributed by atoms with Crippen LogP contribution in [-0.4, -0.2) is 28.9 Å². The number of amides is 1. The Kier molecular flexibility index (Phi) is 7.23. The molecule has 0 spiro atoms. The summed E-state index contributed by atoms with van der Waals surface area (Å²) in [5, 5.41) is 7.17. The molecule has 0 saturated heterocycles. The highest BCUT2D eigenvalue weighted by Crippen LogP contribution is 2.11. The molecule has 2 aromatic rings. The lowest BCUT2D eigenvalue weighted by Gasteiger charge is -2.07. The molecule has 142 valence electrons. The number of hydrogen-bond donors (Lipinski definition) is 2. The Morgan fingerprint density at radius 2 is 1.67 bits per heavy atom. The number of rotatable bonds is 8. The van der Waals surface area contributed by atoms with Gasteiger partial charge < -0.3 is 5.32 Å². The highest BCUT2D eigenvalue weighted by Gasteiger charge is 2.10. The summed E-state index contributed by atoms with van der Waals surface area (Å²) in [4.78, 5) is 28.1. The van der Waals surface area contributed by atoms with E-state index >= 15 is 0 Å². The molecule has 0 aliphatic carbocycles. The summed E-state index contributed by atoms with van der Waals surface area (Å²) in [6, 6.07) is 10.8. The van der Waals surface area contributed by atoms with Crippen LogP contribution in [0.1, 0.15) is 60.4 Å².